The van der Waals surface area contributed by atoms with Gasteiger partial charge in [0.1, 0.15) is 5.82 Å². The molecule has 1 aromatic heterocycles. The number of aromatic carboxylic acids is 1. The van der Waals surface area contributed by atoms with Gasteiger partial charge in [-0.05, 0) is 19.1 Å². The lowest BCUT2D eigenvalue weighted by Gasteiger charge is -2.32. The summed E-state index contributed by atoms with van der Waals surface area (Å²) < 4.78 is 5.42. The lowest BCUT2D eigenvalue weighted by Crippen LogP contribution is -2.41. The van der Waals surface area contributed by atoms with Gasteiger partial charge in [-0.2, -0.15) is 0 Å². The zero-order valence-electron chi connectivity index (χ0n) is 9.09. The van der Waals surface area contributed by atoms with Crippen molar-refractivity contribution in [1.82, 2.24) is 4.98 Å². The molecule has 0 spiro atoms. The van der Waals surface area contributed by atoms with Gasteiger partial charge < -0.3 is 14.7 Å². The SMILES string of the molecule is CC1CN(c2cc(C(=O)O)ccn2)CCO1. The number of hydrogen-bond acceptors (Lipinski definition) is 4. The van der Waals surface area contributed by atoms with Gasteiger partial charge in [0, 0.05) is 19.3 Å². The van der Waals surface area contributed by atoms with Crippen LogP contribution in [0.15, 0.2) is 18.3 Å². The van der Waals surface area contributed by atoms with Crippen LogP contribution in [0.4, 0.5) is 5.82 Å². The molecule has 0 aromatic carbocycles. The molecule has 0 amide bonds. The molecule has 1 saturated heterocycles. The van der Waals surface area contributed by atoms with Crippen LogP contribution in [0.1, 0.15) is 17.3 Å². The maximum atomic E-state index is 10.8. The minimum absolute atomic E-state index is 0.157. The highest BCUT2D eigenvalue weighted by atomic mass is 16.5. The van der Waals surface area contributed by atoms with Crippen LogP contribution in [0.5, 0.6) is 0 Å². The molecule has 2 rings (SSSR count). The van der Waals surface area contributed by atoms with Crippen LogP contribution in [0, 0.1) is 0 Å². The summed E-state index contributed by atoms with van der Waals surface area (Å²) in [5.41, 5.74) is 0.268. The highest BCUT2D eigenvalue weighted by Gasteiger charge is 2.18. The smallest absolute Gasteiger partial charge is 0.335 e. The molecule has 0 radical (unpaired) electrons. The average molecular weight is 222 g/mol. The van der Waals surface area contributed by atoms with Crippen molar-refractivity contribution < 1.29 is 14.6 Å². The molecule has 1 aliphatic rings. The van der Waals surface area contributed by atoms with Gasteiger partial charge >= 0.3 is 5.97 Å². The molecule has 86 valence electrons. The molecule has 0 saturated carbocycles. The number of carbonyl (C=O) groups is 1. The number of aromatic nitrogens is 1. The van der Waals surface area contributed by atoms with E-state index in [1.54, 1.807) is 6.07 Å². The van der Waals surface area contributed by atoms with E-state index in [9.17, 15) is 4.79 Å². The maximum absolute atomic E-state index is 10.8. The van der Waals surface area contributed by atoms with Crippen molar-refractivity contribution in [3.8, 4) is 0 Å². The first-order valence-electron chi connectivity index (χ1n) is 5.22. The van der Waals surface area contributed by atoms with E-state index in [0.717, 1.165) is 13.1 Å². The highest BCUT2D eigenvalue weighted by molar-refractivity contribution is 5.88. The lowest BCUT2D eigenvalue weighted by molar-refractivity contribution is 0.0529. The molecule has 0 aliphatic carbocycles. The average Bonchev–Trinajstić information content (AvgIpc) is 2.29. The minimum Gasteiger partial charge on any atom is -0.478 e. The van der Waals surface area contributed by atoms with Crippen LogP contribution in [-0.4, -0.2) is 41.9 Å². The fourth-order valence-electron chi connectivity index (χ4n) is 1.75. The topological polar surface area (TPSA) is 62.7 Å². The van der Waals surface area contributed by atoms with Gasteiger partial charge in [0.05, 0.1) is 18.3 Å². The van der Waals surface area contributed by atoms with Crippen molar-refractivity contribution in [3.05, 3.63) is 23.9 Å². The fourth-order valence-corrected chi connectivity index (χ4v) is 1.75. The van der Waals surface area contributed by atoms with Crippen LogP contribution in [0.25, 0.3) is 0 Å². The van der Waals surface area contributed by atoms with Crippen LogP contribution in [-0.2, 0) is 4.74 Å². The molecule has 1 aromatic rings. The zero-order chi connectivity index (χ0) is 11.5. The summed E-state index contributed by atoms with van der Waals surface area (Å²) >= 11 is 0. The van der Waals surface area contributed by atoms with Gasteiger partial charge in [-0.1, -0.05) is 0 Å². The minimum atomic E-state index is -0.926. The van der Waals surface area contributed by atoms with E-state index in [1.165, 1.54) is 12.3 Å². The molecule has 2 heterocycles. The van der Waals surface area contributed by atoms with Crippen LogP contribution >= 0.6 is 0 Å². The normalized spacial score (nSPS) is 20.8. The van der Waals surface area contributed by atoms with E-state index in [4.69, 9.17) is 9.84 Å². The molecule has 1 unspecified atom stereocenters. The number of carboxylic acid groups (broad SMARTS) is 1. The third-order valence-corrected chi connectivity index (χ3v) is 2.56. The van der Waals surface area contributed by atoms with Crippen molar-refractivity contribution in [2.45, 2.75) is 13.0 Å². The summed E-state index contributed by atoms with van der Waals surface area (Å²) in [7, 11) is 0. The maximum Gasteiger partial charge on any atom is 0.335 e. The molecule has 1 fully saturated rings. The second-order valence-corrected chi connectivity index (χ2v) is 3.84. The monoisotopic (exact) mass is 222 g/mol. The van der Waals surface area contributed by atoms with Gasteiger partial charge in [0.15, 0.2) is 0 Å². The molecule has 16 heavy (non-hydrogen) atoms. The first kappa shape index (κ1) is 10.9. The summed E-state index contributed by atoms with van der Waals surface area (Å²) in [5.74, 6) is -0.222. The predicted molar refractivity (Wildman–Crippen MR) is 58.8 cm³/mol. The Kier molecular flexibility index (Phi) is 3.05. The third kappa shape index (κ3) is 2.30. The number of rotatable bonds is 2. The van der Waals surface area contributed by atoms with Gasteiger partial charge in [-0.15, -0.1) is 0 Å². The molecule has 5 nitrogen and oxygen atoms in total. The van der Waals surface area contributed by atoms with E-state index in [2.05, 4.69) is 4.98 Å². The number of anilines is 1. The zero-order valence-corrected chi connectivity index (χ0v) is 9.09. The van der Waals surface area contributed by atoms with Gasteiger partial charge in [0.2, 0.25) is 0 Å². The Balaban J connectivity index is 2.19. The molecule has 1 atom stereocenters. The molecular weight excluding hydrogens is 208 g/mol. The fraction of sp³-hybridized carbons (Fsp3) is 0.455. The predicted octanol–water partition coefficient (Wildman–Crippen LogP) is 1.00. The van der Waals surface area contributed by atoms with Crippen molar-refractivity contribution >= 4 is 11.8 Å². The summed E-state index contributed by atoms with van der Waals surface area (Å²) in [6.45, 7) is 4.14. The Bertz CT molecular complexity index is 395. The standard InChI is InChI=1S/C11H14N2O3/c1-8-7-13(4-5-16-8)10-6-9(11(14)15)2-3-12-10/h2-3,6,8H,4-5,7H2,1H3,(H,14,15). The summed E-state index contributed by atoms with van der Waals surface area (Å²) in [4.78, 5) is 17.1. The third-order valence-electron chi connectivity index (χ3n) is 2.56. The Morgan fingerprint density at radius 2 is 2.50 bits per heavy atom. The highest BCUT2D eigenvalue weighted by Crippen LogP contribution is 2.16. The number of pyridine rings is 1. The van der Waals surface area contributed by atoms with Crippen molar-refractivity contribution in [3.63, 3.8) is 0 Å². The molecule has 1 N–H and O–H groups in total. The summed E-state index contributed by atoms with van der Waals surface area (Å²) in [5, 5.41) is 8.89. The van der Waals surface area contributed by atoms with E-state index in [1.807, 2.05) is 11.8 Å². The van der Waals surface area contributed by atoms with Crippen molar-refractivity contribution in [2.75, 3.05) is 24.6 Å². The first-order valence-corrected chi connectivity index (χ1v) is 5.22. The lowest BCUT2D eigenvalue weighted by atomic mass is 10.2. The van der Waals surface area contributed by atoms with Crippen LogP contribution in [0.3, 0.4) is 0 Å². The van der Waals surface area contributed by atoms with E-state index >= 15 is 0 Å². The van der Waals surface area contributed by atoms with Crippen molar-refractivity contribution in [1.29, 1.82) is 0 Å². The molecular formula is C11H14N2O3. The molecule has 5 heteroatoms. The number of carboxylic acids is 1. The number of morpholine rings is 1. The quantitative estimate of drug-likeness (QED) is 0.809. The van der Waals surface area contributed by atoms with Crippen LogP contribution < -0.4 is 4.90 Å². The number of hydrogen-bond donors (Lipinski definition) is 1. The van der Waals surface area contributed by atoms with E-state index in [0.29, 0.717) is 12.4 Å². The Labute approximate surface area is 93.7 Å². The Morgan fingerprint density at radius 1 is 1.69 bits per heavy atom. The second kappa shape index (κ2) is 4.49. The molecule has 1 aliphatic heterocycles. The Hall–Kier alpha value is -1.62. The van der Waals surface area contributed by atoms with E-state index in [-0.39, 0.29) is 11.7 Å². The Morgan fingerprint density at radius 3 is 3.19 bits per heavy atom. The molecule has 0 bridgehead atoms. The number of nitrogens with zero attached hydrogens (tertiary/aromatic N) is 2. The second-order valence-electron chi connectivity index (χ2n) is 3.84. The van der Waals surface area contributed by atoms with Gasteiger partial charge in [0.25, 0.3) is 0 Å². The summed E-state index contributed by atoms with van der Waals surface area (Å²) in [6, 6.07) is 3.09. The van der Waals surface area contributed by atoms with E-state index < -0.39 is 5.97 Å². The van der Waals surface area contributed by atoms with Gasteiger partial charge in [-0.25, -0.2) is 9.78 Å². The summed E-state index contributed by atoms with van der Waals surface area (Å²) in [6.07, 6.45) is 1.68. The first-order chi connectivity index (χ1) is 7.66. The van der Waals surface area contributed by atoms with Crippen molar-refractivity contribution in [2.24, 2.45) is 0 Å². The van der Waals surface area contributed by atoms with Crippen LogP contribution in [0.2, 0.25) is 0 Å². The van der Waals surface area contributed by atoms with Gasteiger partial charge in [-0.3, -0.25) is 0 Å². The number of ether oxygens (including phenoxy) is 1. The largest absolute Gasteiger partial charge is 0.478 e.